The van der Waals surface area contributed by atoms with Crippen LogP contribution >= 0.6 is 15.9 Å². The van der Waals surface area contributed by atoms with Crippen LogP contribution < -0.4 is 9.47 Å². The first kappa shape index (κ1) is 19.5. The van der Waals surface area contributed by atoms with Crippen molar-refractivity contribution in [1.82, 2.24) is 4.31 Å². The maximum Gasteiger partial charge on any atom is 0.246 e. The van der Waals surface area contributed by atoms with Gasteiger partial charge in [-0.15, -0.1) is 0 Å². The predicted molar refractivity (Wildman–Crippen MR) is 98.2 cm³/mol. The van der Waals surface area contributed by atoms with Gasteiger partial charge in [0.05, 0.1) is 17.7 Å². The summed E-state index contributed by atoms with van der Waals surface area (Å²) in [4.78, 5) is 0.178. The Balaban J connectivity index is 2.48. The van der Waals surface area contributed by atoms with Crippen LogP contribution in [0.1, 0.15) is 34.1 Å². The molecule has 0 saturated carbocycles. The first-order valence-electron chi connectivity index (χ1n) is 8.38. The summed E-state index contributed by atoms with van der Waals surface area (Å²) in [5.74, 6) is 1.57. The summed E-state index contributed by atoms with van der Waals surface area (Å²) in [5.41, 5.74) is 0. The summed E-state index contributed by atoms with van der Waals surface area (Å²) >= 11 is 3.42. The number of hydrogen-bond acceptors (Lipinski definition) is 4. The van der Waals surface area contributed by atoms with Crippen molar-refractivity contribution in [2.75, 3.05) is 26.3 Å². The molecule has 0 amide bonds. The lowest BCUT2D eigenvalue weighted by atomic mass is 9.94. The maximum absolute atomic E-state index is 13.2. The summed E-state index contributed by atoms with van der Waals surface area (Å²) < 4.78 is 39.8. The van der Waals surface area contributed by atoms with E-state index < -0.39 is 10.0 Å². The quantitative estimate of drug-likeness (QED) is 0.700. The molecule has 24 heavy (non-hydrogen) atoms. The second-order valence-corrected chi connectivity index (χ2v) is 9.12. The number of sulfonamides is 1. The highest BCUT2D eigenvalue weighted by atomic mass is 79.9. The molecule has 0 aromatic heterocycles. The van der Waals surface area contributed by atoms with Crippen molar-refractivity contribution in [3.8, 4) is 11.5 Å². The van der Waals surface area contributed by atoms with E-state index in [0.29, 0.717) is 54.1 Å². The zero-order valence-corrected chi connectivity index (χ0v) is 17.1. The van der Waals surface area contributed by atoms with Crippen molar-refractivity contribution >= 4 is 26.0 Å². The number of nitrogens with zero attached hydrogens (tertiary/aromatic N) is 1. The van der Waals surface area contributed by atoms with Gasteiger partial charge in [-0.05, 0) is 54.1 Å². The fourth-order valence-corrected chi connectivity index (χ4v) is 5.44. The zero-order valence-electron chi connectivity index (χ0n) is 14.7. The van der Waals surface area contributed by atoms with Crippen molar-refractivity contribution in [2.45, 2.75) is 39.0 Å². The van der Waals surface area contributed by atoms with Gasteiger partial charge in [-0.3, -0.25) is 0 Å². The number of benzene rings is 1. The first-order valence-corrected chi connectivity index (χ1v) is 10.6. The number of halogens is 1. The van der Waals surface area contributed by atoms with Crippen LogP contribution in [0.2, 0.25) is 0 Å². The number of hydrogen-bond donors (Lipinski definition) is 0. The normalized spacial score (nSPS) is 22.4. The monoisotopic (exact) mass is 419 g/mol. The van der Waals surface area contributed by atoms with Gasteiger partial charge in [-0.2, -0.15) is 4.31 Å². The molecule has 0 aliphatic carbocycles. The van der Waals surface area contributed by atoms with Gasteiger partial charge in [0.25, 0.3) is 0 Å². The molecule has 0 spiro atoms. The molecule has 0 N–H and O–H groups in total. The minimum absolute atomic E-state index is 0.178. The Bertz CT molecular complexity index is 667. The lowest BCUT2D eigenvalue weighted by Crippen LogP contribution is -2.42. The van der Waals surface area contributed by atoms with Crippen molar-refractivity contribution in [3.63, 3.8) is 0 Å². The van der Waals surface area contributed by atoms with Crippen LogP contribution in [0, 0.1) is 11.8 Å². The molecule has 1 aromatic rings. The van der Waals surface area contributed by atoms with Gasteiger partial charge >= 0.3 is 0 Å². The maximum atomic E-state index is 13.2. The molecule has 0 unspecified atom stereocenters. The third kappa shape index (κ3) is 4.24. The molecule has 2 rings (SSSR count). The van der Waals surface area contributed by atoms with E-state index in [0.717, 1.165) is 6.42 Å². The Hall–Kier alpha value is -0.790. The summed E-state index contributed by atoms with van der Waals surface area (Å²) in [6, 6.07) is 3.25. The van der Waals surface area contributed by atoms with E-state index >= 15 is 0 Å². The molecule has 1 aliphatic heterocycles. The van der Waals surface area contributed by atoms with Crippen molar-refractivity contribution in [2.24, 2.45) is 11.8 Å². The highest BCUT2D eigenvalue weighted by Crippen LogP contribution is 2.38. The van der Waals surface area contributed by atoms with Crippen LogP contribution in [0.25, 0.3) is 0 Å². The molecule has 1 aromatic carbocycles. The molecule has 1 saturated heterocycles. The van der Waals surface area contributed by atoms with Crippen molar-refractivity contribution in [1.29, 1.82) is 0 Å². The van der Waals surface area contributed by atoms with Gasteiger partial charge in [-0.1, -0.05) is 13.8 Å². The molecular weight excluding hydrogens is 394 g/mol. The Labute approximate surface area is 153 Å². The highest BCUT2D eigenvalue weighted by molar-refractivity contribution is 9.10. The van der Waals surface area contributed by atoms with Crippen molar-refractivity contribution in [3.05, 3.63) is 16.6 Å². The van der Waals surface area contributed by atoms with Crippen LogP contribution in [0.5, 0.6) is 11.5 Å². The zero-order chi connectivity index (χ0) is 17.9. The molecule has 136 valence electrons. The standard InChI is InChI=1S/C17H26BrNO4S/c1-5-22-15-9-17(16(23-6-2)8-14(15)18)24(20,21)19-10-12(3)7-13(4)11-19/h8-9,12-13H,5-7,10-11H2,1-4H3/t12-,13+. The molecule has 1 fully saturated rings. The molecule has 1 heterocycles. The Kier molecular flexibility index (Phi) is 6.56. The number of piperidine rings is 1. The third-order valence-electron chi connectivity index (χ3n) is 4.05. The second kappa shape index (κ2) is 8.06. The molecule has 0 bridgehead atoms. The number of ether oxygens (including phenoxy) is 2. The second-order valence-electron chi connectivity index (χ2n) is 6.36. The summed E-state index contributed by atoms with van der Waals surface area (Å²) in [6.07, 6.45) is 1.05. The SMILES string of the molecule is CCOc1cc(S(=O)(=O)N2C[C@H](C)C[C@H](C)C2)c(OCC)cc1Br. The van der Waals surface area contributed by atoms with Gasteiger partial charge in [0.2, 0.25) is 10.0 Å². The van der Waals surface area contributed by atoms with E-state index in [1.165, 1.54) is 0 Å². The van der Waals surface area contributed by atoms with Crippen LogP contribution in [0.4, 0.5) is 0 Å². The minimum Gasteiger partial charge on any atom is -0.493 e. The van der Waals surface area contributed by atoms with E-state index in [4.69, 9.17) is 9.47 Å². The van der Waals surface area contributed by atoms with Gasteiger partial charge in [0.1, 0.15) is 16.4 Å². The van der Waals surface area contributed by atoms with Gasteiger partial charge in [0.15, 0.2) is 0 Å². The smallest absolute Gasteiger partial charge is 0.246 e. The lowest BCUT2D eigenvalue weighted by Gasteiger charge is -2.34. The highest BCUT2D eigenvalue weighted by Gasteiger charge is 2.34. The van der Waals surface area contributed by atoms with Gasteiger partial charge in [-0.25, -0.2) is 8.42 Å². The third-order valence-corrected chi connectivity index (χ3v) is 6.52. The topological polar surface area (TPSA) is 55.8 Å². The predicted octanol–water partition coefficient (Wildman–Crippen LogP) is 3.91. The van der Waals surface area contributed by atoms with Crippen molar-refractivity contribution < 1.29 is 17.9 Å². The van der Waals surface area contributed by atoms with Crippen LogP contribution in [-0.4, -0.2) is 39.0 Å². The van der Waals surface area contributed by atoms with E-state index in [1.807, 2.05) is 13.8 Å². The first-order chi connectivity index (χ1) is 11.3. The summed E-state index contributed by atoms with van der Waals surface area (Å²) in [6.45, 7) is 9.83. The van der Waals surface area contributed by atoms with Crippen LogP contribution in [0.15, 0.2) is 21.5 Å². The molecule has 0 radical (unpaired) electrons. The summed E-state index contributed by atoms with van der Waals surface area (Å²) in [5, 5.41) is 0. The lowest BCUT2D eigenvalue weighted by molar-refractivity contribution is 0.221. The number of rotatable bonds is 6. The Morgan fingerprint density at radius 3 is 2.17 bits per heavy atom. The van der Waals surface area contributed by atoms with Gasteiger partial charge < -0.3 is 9.47 Å². The molecule has 1 aliphatic rings. The summed E-state index contributed by atoms with van der Waals surface area (Å²) in [7, 11) is -3.63. The molecular formula is C17H26BrNO4S. The average Bonchev–Trinajstić information content (AvgIpc) is 2.49. The van der Waals surface area contributed by atoms with E-state index in [-0.39, 0.29) is 4.90 Å². The fraction of sp³-hybridized carbons (Fsp3) is 0.647. The molecule has 7 heteroatoms. The Morgan fingerprint density at radius 1 is 1.08 bits per heavy atom. The van der Waals surface area contributed by atoms with E-state index in [2.05, 4.69) is 29.8 Å². The molecule has 2 atom stereocenters. The molecule has 5 nitrogen and oxygen atoms in total. The van der Waals surface area contributed by atoms with E-state index in [1.54, 1.807) is 16.4 Å². The van der Waals surface area contributed by atoms with Crippen LogP contribution in [0.3, 0.4) is 0 Å². The fourth-order valence-electron chi connectivity index (χ4n) is 3.19. The average molecular weight is 420 g/mol. The Morgan fingerprint density at radius 2 is 1.62 bits per heavy atom. The minimum atomic E-state index is -3.63. The van der Waals surface area contributed by atoms with Crippen LogP contribution in [-0.2, 0) is 10.0 Å². The van der Waals surface area contributed by atoms with Gasteiger partial charge in [0, 0.05) is 19.2 Å². The van der Waals surface area contributed by atoms with E-state index in [9.17, 15) is 8.42 Å². The largest absolute Gasteiger partial charge is 0.493 e.